The van der Waals surface area contributed by atoms with Crippen molar-refractivity contribution in [2.45, 2.75) is 38.6 Å². The maximum Gasteiger partial charge on any atom is 0.147 e. The van der Waals surface area contributed by atoms with Crippen LogP contribution in [0, 0.1) is 5.92 Å². The van der Waals surface area contributed by atoms with Gasteiger partial charge >= 0.3 is 0 Å². The Balaban J connectivity index is 2.15. The molecular formula is C12H18ClN3. The number of nitrogens with zero attached hydrogens (tertiary/aromatic N) is 3. The summed E-state index contributed by atoms with van der Waals surface area (Å²) in [6.45, 7) is 5.65. The van der Waals surface area contributed by atoms with Crippen LogP contribution in [-0.4, -0.2) is 22.6 Å². The molecular weight excluding hydrogens is 222 g/mol. The highest BCUT2D eigenvalue weighted by molar-refractivity contribution is 6.16. The lowest BCUT2D eigenvalue weighted by atomic mass is 9.92. The lowest BCUT2D eigenvalue weighted by Crippen LogP contribution is -2.42. The number of aromatic nitrogens is 2. The fourth-order valence-corrected chi connectivity index (χ4v) is 2.36. The van der Waals surface area contributed by atoms with Crippen molar-refractivity contribution < 1.29 is 0 Å². The molecule has 0 bridgehead atoms. The van der Waals surface area contributed by atoms with Gasteiger partial charge in [-0.05, 0) is 25.7 Å². The molecule has 0 aromatic carbocycles. The predicted molar refractivity (Wildman–Crippen MR) is 66.8 cm³/mol. The van der Waals surface area contributed by atoms with Gasteiger partial charge in [0.25, 0.3) is 0 Å². The molecule has 2 atom stereocenters. The minimum atomic E-state index is 0.430. The predicted octanol–water partition coefficient (Wildman–Crippen LogP) is 2.84. The molecule has 0 radical (unpaired) electrons. The summed E-state index contributed by atoms with van der Waals surface area (Å²) in [6, 6.07) is 0.546. The summed E-state index contributed by atoms with van der Waals surface area (Å²) in [5, 5.41) is 0. The topological polar surface area (TPSA) is 29.0 Å². The number of rotatable bonds is 2. The molecule has 4 heteroatoms. The van der Waals surface area contributed by atoms with Crippen molar-refractivity contribution in [3.63, 3.8) is 0 Å². The molecule has 1 aromatic rings. The molecule has 1 aromatic heterocycles. The van der Waals surface area contributed by atoms with Crippen LogP contribution < -0.4 is 4.90 Å². The monoisotopic (exact) mass is 239 g/mol. The van der Waals surface area contributed by atoms with E-state index >= 15 is 0 Å². The summed E-state index contributed by atoms with van der Waals surface area (Å²) in [5.74, 6) is 2.13. The largest absolute Gasteiger partial charge is 0.352 e. The molecule has 0 aliphatic carbocycles. The van der Waals surface area contributed by atoms with Gasteiger partial charge in [-0.25, -0.2) is 4.98 Å². The molecule has 0 amide bonds. The fourth-order valence-electron chi connectivity index (χ4n) is 2.22. The molecule has 3 nitrogen and oxygen atoms in total. The van der Waals surface area contributed by atoms with E-state index in [9.17, 15) is 0 Å². The Kier molecular flexibility index (Phi) is 3.64. The van der Waals surface area contributed by atoms with Gasteiger partial charge in [-0.3, -0.25) is 4.98 Å². The van der Waals surface area contributed by atoms with Gasteiger partial charge in [-0.15, -0.1) is 11.6 Å². The second kappa shape index (κ2) is 5.00. The van der Waals surface area contributed by atoms with Gasteiger partial charge in [-0.1, -0.05) is 6.92 Å². The molecule has 2 rings (SSSR count). The van der Waals surface area contributed by atoms with Gasteiger partial charge in [0, 0.05) is 12.6 Å². The smallest absolute Gasteiger partial charge is 0.147 e. The highest BCUT2D eigenvalue weighted by atomic mass is 35.5. The SMILES string of the molecule is CC1CCCN(c2cnc(CCl)cn2)C1C. The zero-order valence-corrected chi connectivity index (χ0v) is 10.6. The third-order valence-electron chi connectivity index (χ3n) is 3.50. The third-order valence-corrected chi connectivity index (χ3v) is 3.77. The summed E-state index contributed by atoms with van der Waals surface area (Å²) < 4.78 is 0. The normalized spacial score (nSPS) is 25.8. The maximum atomic E-state index is 5.70. The van der Waals surface area contributed by atoms with E-state index in [0.29, 0.717) is 11.9 Å². The molecule has 88 valence electrons. The van der Waals surface area contributed by atoms with Crippen molar-refractivity contribution in [1.29, 1.82) is 0 Å². The molecule has 0 spiro atoms. The number of piperidine rings is 1. The lowest BCUT2D eigenvalue weighted by molar-refractivity contribution is 0.361. The Labute approximate surface area is 102 Å². The van der Waals surface area contributed by atoms with E-state index in [-0.39, 0.29) is 0 Å². The summed E-state index contributed by atoms with van der Waals surface area (Å²) >= 11 is 5.70. The summed E-state index contributed by atoms with van der Waals surface area (Å²) in [6.07, 6.45) is 6.16. The Morgan fingerprint density at radius 2 is 2.19 bits per heavy atom. The first kappa shape index (κ1) is 11.6. The Hall–Kier alpha value is -0.830. The van der Waals surface area contributed by atoms with Crippen LogP contribution in [0.4, 0.5) is 5.82 Å². The van der Waals surface area contributed by atoms with Crippen molar-refractivity contribution in [2.75, 3.05) is 11.4 Å². The zero-order chi connectivity index (χ0) is 11.5. The zero-order valence-electron chi connectivity index (χ0n) is 9.86. The van der Waals surface area contributed by atoms with Crippen LogP contribution in [-0.2, 0) is 5.88 Å². The van der Waals surface area contributed by atoms with E-state index in [0.717, 1.165) is 24.0 Å². The standard InChI is InChI=1S/C12H18ClN3/c1-9-4-3-5-16(10(9)2)12-8-14-11(6-13)7-15-12/h7-10H,3-6H2,1-2H3. The highest BCUT2D eigenvalue weighted by Gasteiger charge is 2.25. The minimum absolute atomic E-state index is 0.430. The van der Waals surface area contributed by atoms with Crippen LogP contribution in [0.25, 0.3) is 0 Å². The first-order valence-electron chi connectivity index (χ1n) is 5.86. The fraction of sp³-hybridized carbons (Fsp3) is 0.667. The minimum Gasteiger partial charge on any atom is -0.352 e. The van der Waals surface area contributed by atoms with Crippen molar-refractivity contribution in [3.05, 3.63) is 18.1 Å². The van der Waals surface area contributed by atoms with E-state index in [1.807, 2.05) is 6.20 Å². The number of alkyl halides is 1. The van der Waals surface area contributed by atoms with E-state index in [4.69, 9.17) is 11.6 Å². The van der Waals surface area contributed by atoms with E-state index in [1.54, 1.807) is 6.20 Å². The van der Waals surface area contributed by atoms with Crippen LogP contribution in [0.5, 0.6) is 0 Å². The van der Waals surface area contributed by atoms with Crippen molar-refractivity contribution in [3.8, 4) is 0 Å². The van der Waals surface area contributed by atoms with Crippen molar-refractivity contribution >= 4 is 17.4 Å². The summed E-state index contributed by atoms with van der Waals surface area (Å²) in [5.41, 5.74) is 0.836. The summed E-state index contributed by atoms with van der Waals surface area (Å²) in [4.78, 5) is 11.1. The Bertz CT molecular complexity index is 339. The van der Waals surface area contributed by atoms with Crippen LogP contribution in [0.3, 0.4) is 0 Å². The van der Waals surface area contributed by atoms with Crippen LogP contribution >= 0.6 is 11.6 Å². The number of hydrogen-bond acceptors (Lipinski definition) is 3. The first-order valence-corrected chi connectivity index (χ1v) is 6.39. The van der Waals surface area contributed by atoms with Crippen LogP contribution in [0.15, 0.2) is 12.4 Å². The highest BCUT2D eigenvalue weighted by Crippen LogP contribution is 2.26. The van der Waals surface area contributed by atoms with E-state index < -0.39 is 0 Å². The van der Waals surface area contributed by atoms with Crippen molar-refractivity contribution in [2.24, 2.45) is 5.92 Å². The maximum absolute atomic E-state index is 5.70. The Morgan fingerprint density at radius 1 is 1.38 bits per heavy atom. The van der Waals surface area contributed by atoms with Gasteiger partial charge in [-0.2, -0.15) is 0 Å². The van der Waals surface area contributed by atoms with Gasteiger partial charge in [0.15, 0.2) is 0 Å². The molecule has 0 N–H and O–H groups in total. The van der Waals surface area contributed by atoms with Crippen LogP contribution in [0.2, 0.25) is 0 Å². The first-order chi connectivity index (χ1) is 7.72. The molecule has 16 heavy (non-hydrogen) atoms. The second-order valence-electron chi connectivity index (χ2n) is 4.55. The van der Waals surface area contributed by atoms with E-state index in [2.05, 4.69) is 28.7 Å². The lowest BCUT2D eigenvalue weighted by Gasteiger charge is -2.38. The molecule has 1 aliphatic rings. The summed E-state index contributed by atoms with van der Waals surface area (Å²) in [7, 11) is 0. The second-order valence-corrected chi connectivity index (χ2v) is 4.82. The molecule has 0 saturated carbocycles. The van der Waals surface area contributed by atoms with Gasteiger partial charge < -0.3 is 4.90 Å². The average Bonchev–Trinajstić information content (AvgIpc) is 2.33. The average molecular weight is 240 g/mol. The number of hydrogen-bond donors (Lipinski definition) is 0. The number of anilines is 1. The van der Waals surface area contributed by atoms with Gasteiger partial charge in [0.05, 0.1) is 24.0 Å². The van der Waals surface area contributed by atoms with Gasteiger partial charge in [0.1, 0.15) is 5.82 Å². The molecule has 1 fully saturated rings. The Morgan fingerprint density at radius 3 is 2.81 bits per heavy atom. The van der Waals surface area contributed by atoms with E-state index in [1.165, 1.54) is 12.8 Å². The molecule has 1 aliphatic heterocycles. The van der Waals surface area contributed by atoms with Crippen molar-refractivity contribution in [1.82, 2.24) is 9.97 Å². The molecule has 2 heterocycles. The van der Waals surface area contributed by atoms with Gasteiger partial charge in [0.2, 0.25) is 0 Å². The quantitative estimate of drug-likeness (QED) is 0.744. The third kappa shape index (κ3) is 2.29. The molecule has 1 saturated heterocycles. The molecule has 2 unspecified atom stereocenters. The van der Waals surface area contributed by atoms with Crippen LogP contribution in [0.1, 0.15) is 32.4 Å². The number of halogens is 1.